The summed E-state index contributed by atoms with van der Waals surface area (Å²) in [4.78, 5) is 2.12. The first kappa shape index (κ1) is 12.3. The summed E-state index contributed by atoms with van der Waals surface area (Å²) in [5.41, 5.74) is 7.14. The zero-order valence-electron chi connectivity index (χ0n) is 8.85. The van der Waals surface area contributed by atoms with E-state index in [4.69, 9.17) is 11.0 Å². The molecule has 0 aliphatic carbocycles. The van der Waals surface area contributed by atoms with Gasteiger partial charge in [-0.3, -0.25) is 0 Å². The highest BCUT2D eigenvalue weighted by Gasteiger charge is 2.03. The van der Waals surface area contributed by atoms with Crippen LogP contribution < -0.4 is 5.73 Å². The van der Waals surface area contributed by atoms with Gasteiger partial charge in [-0.15, -0.1) is 0 Å². The third-order valence-corrected chi connectivity index (χ3v) is 4.00. The van der Waals surface area contributed by atoms with E-state index in [1.54, 1.807) is 23.9 Å². The Bertz CT molecular complexity index is 573. The fourth-order valence-electron chi connectivity index (χ4n) is 1.34. The Balaban J connectivity index is 2.25. The van der Waals surface area contributed by atoms with Crippen LogP contribution in [0.4, 0.5) is 5.69 Å². The van der Waals surface area contributed by atoms with Gasteiger partial charge >= 0.3 is 0 Å². The second kappa shape index (κ2) is 5.43. The molecule has 2 nitrogen and oxygen atoms in total. The summed E-state index contributed by atoms with van der Waals surface area (Å²) < 4.78 is 1.21. The number of nitrogens with zero attached hydrogens (tertiary/aromatic N) is 1. The van der Waals surface area contributed by atoms with E-state index in [1.165, 1.54) is 3.57 Å². The molecule has 0 aliphatic heterocycles. The largest absolute Gasteiger partial charge is 0.398 e. The molecule has 0 radical (unpaired) electrons. The van der Waals surface area contributed by atoms with Gasteiger partial charge in [0.05, 0.1) is 11.6 Å². The van der Waals surface area contributed by atoms with Gasteiger partial charge in [-0.2, -0.15) is 5.26 Å². The molecule has 0 aliphatic rings. The molecule has 84 valence electrons. The number of hydrogen-bond acceptors (Lipinski definition) is 3. The van der Waals surface area contributed by atoms with Crippen LogP contribution in [0, 0.1) is 14.9 Å². The molecule has 2 N–H and O–H groups in total. The Morgan fingerprint density at radius 1 is 1.12 bits per heavy atom. The number of anilines is 1. The predicted molar refractivity (Wildman–Crippen MR) is 78.9 cm³/mol. The van der Waals surface area contributed by atoms with E-state index in [0.29, 0.717) is 11.3 Å². The van der Waals surface area contributed by atoms with Gasteiger partial charge in [0.15, 0.2) is 0 Å². The SMILES string of the molecule is N#Cc1ccc(Sc2ccc(I)cc2)c(N)c1. The van der Waals surface area contributed by atoms with E-state index in [1.807, 2.05) is 6.07 Å². The highest BCUT2D eigenvalue weighted by atomic mass is 127. The van der Waals surface area contributed by atoms with Gasteiger partial charge in [-0.05, 0) is 65.1 Å². The molecule has 0 bridgehead atoms. The molecular weight excluding hydrogens is 343 g/mol. The lowest BCUT2D eigenvalue weighted by atomic mass is 10.2. The van der Waals surface area contributed by atoms with E-state index in [2.05, 4.69) is 52.9 Å². The van der Waals surface area contributed by atoms with E-state index in [0.717, 1.165) is 9.79 Å². The topological polar surface area (TPSA) is 49.8 Å². The average Bonchev–Trinajstić information content (AvgIpc) is 2.34. The van der Waals surface area contributed by atoms with Crippen molar-refractivity contribution in [2.24, 2.45) is 0 Å². The number of nitriles is 1. The first-order valence-electron chi connectivity index (χ1n) is 4.92. The third-order valence-electron chi connectivity index (χ3n) is 2.18. The molecule has 0 spiro atoms. The second-order valence-corrected chi connectivity index (χ2v) is 5.78. The monoisotopic (exact) mass is 352 g/mol. The Hall–Kier alpha value is -1.19. The molecule has 0 unspecified atom stereocenters. The van der Waals surface area contributed by atoms with Crippen LogP contribution >= 0.6 is 34.4 Å². The van der Waals surface area contributed by atoms with Gasteiger partial charge in [-0.25, -0.2) is 0 Å². The van der Waals surface area contributed by atoms with Crippen LogP contribution in [0.3, 0.4) is 0 Å². The van der Waals surface area contributed by atoms with Crippen LogP contribution in [0.15, 0.2) is 52.3 Å². The predicted octanol–water partition coefficient (Wildman–Crippen LogP) is 3.90. The Morgan fingerprint density at radius 2 is 1.82 bits per heavy atom. The third kappa shape index (κ3) is 3.14. The Labute approximate surface area is 118 Å². The molecule has 17 heavy (non-hydrogen) atoms. The first-order chi connectivity index (χ1) is 8.19. The van der Waals surface area contributed by atoms with Crippen molar-refractivity contribution in [3.8, 4) is 6.07 Å². The van der Waals surface area contributed by atoms with E-state index >= 15 is 0 Å². The van der Waals surface area contributed by atoms with Crippen LogP contribution in [-0.4, -0.2) is 0 Å². The zero-order valence-corrected chi connectivity index (χ0v) is 11.8. The number of nitrogen functional groups attached to an aromatic ring is 1. The summed E-state index contributed by atoms with van der Waals surface area (Å²) in [5, 5.41) is 8.76. The summed E-state index contributed by atoms with van der Waals surface area (Å²) in [7, 11) is 0. The smallest absolute Gasteiger partial charge is 0.0992 e. The standard InChI is InChI=1S/C13H9IN2S/c14-10-2-4-11(5-3-10)17-13-6-1-9(8-15)7-12(13)16/h1-7H,16H2. The van der Waals surface area contributed by atoms with Crippen molar-refractivity contribution < 1.29 is 0 Å². The molecule has 2 aromatic rings. The number of hydrogen-bond donors (Lipinski definition) is 1. The molecule has 0 saturated carbocycles. The number of rotatable bonds is 2. The molecule has 0 heterocycles. The van der Waals surface area contributed by atoms with Gasteiger partial charge in [0, 0.05) is 19.0 Å². The minimum atomic E-state index is 0.592. The summed E-state index contributed by atoms with van der Waals surface area (Å²) >= 11 is 3.88. The maximum Gasteiger partial charge on any atom is 0.0992 e. The maximum absolute atomic E-state index is 8.76. The molecule has 2 rings (SSSR count). The van der Waals surface area contributed by atoms with Crippen molar-refractivity contribution >= 4 is 40.0 Å². The Kier molecular flexibility index (Phi) is 3.92. The van der Waals surface area contributed by atoms with Gasteiger partial charge in [0.2, 0.25) is 0 Å². The van der Waals surface area contributed by atoms with Crippen LogP contribution in [0.5, 0.6) is 0 Å². The van der Waals surface area contributed by atoms with E-state index in [-0.39, 0.29) is 0 Å². The van der Waals surface area contributed by atoms with Gasteiger partial charge in [-0.1, -0.05) is 11.8 Å². The lowest BCUT2D eigenvalue weighted by molar-refractivity contribution is 1.38. The minimum absolute atomic E-state index is 0.592. The summed E-state index contributed by atoms with van der Waals surface area (Å²) in [5.74, 6) is 0. The van der Waals surface area contributed by atoms with Crippen molar-refractivity contribution in [1.82, 2.24) is 0 Å². The fraction of sp³-hybridized carbons (Fsp3) is 0. The van der Waals surface area contributed by atoms with Crippen LogP contribution in [0.1, 0.15) is 5.56 Å². The van der Waals surface area contributed by atoms with Crippen LogP contribution in [-0.2, 0) is 0 Å². The first-order valence-corrected chi connectivity index (χ1v) is 6.81. The molecule has 0 atom stereocenters. The van der Waals surface area contributed by atoms with Gasteiger partial charge in [0.1, 0.15) is 0 Å². The molecule has 4 heteroatoms. The lowest BCUT2D eigenvalue weighted by Gasteiger charge is -2.05. The highest BCUT2D eigenvalue weighted by Crippen LogP contribution is 2.32. The molecular formula is C13H9IN2S. The molecule has 2 aromatic carbocycles. The van der Waals surface area contributed by atoms with Crippen molar-refractivity contribution in [1.29, 1.82) is 5.26 Å². The highest BCUT2D eigenvalue weighted by molar-refractivity contribution is 14.1. The fourth-order valence-corrected chi connectivity index (χ4v) is 2.54. The second-order valence-electron chi connectivity index (χ2n) is 3.42. The molecule has 0 fully saturated rings. The zero-order chi connectivity index (χ0) is 12.3. The number of nitrogens with two attached hydrogens (primary N) is 1. The van der Waals surface area contributed by atoms with Crippen LogP contribution in [0.2, 0.25) is 0 Å². The number of benzene rings is 2. The normalized spacial score (nSPS) is 9.88. The van der Waals surface area contributed by atoms with Crippen LogP contribution in [0.25, 0.3) is 0 Å². The summed E-state index contributed by atoms with van der Waals surface area (Å²) in [6.45, 7) is 0. The molecule has 0 saturated heterocycles. The van der Waals surface area contributed by atoms with Gasteiger partial charge in [0.25, 0.3) is 0 Å². The number of halogens is 1. The van der Waals surface area contributed by atoms with Crippen molar-refractivity contribution in [2.75, 3.05) is 5.73 Å². The van der Waals surface area contributed by atoms with Crippen molar-refractivity contribution in [3.63, 3.8) is 0 Å². The van der Waals surface area contributed by atoms with Crippen molar-refractivity contribution in [2.45, 2.75) is 9.79 Å². The van der Waals surface area contributed by atoms with E-state index in [9.17, 15) is 0 Å². The maximum atomic E-state index is 8.76. The molecule has 0 aromatic heterocycles. The minimum Gasteiger partial charge on any atom is -0.398 e. The van der Waals surface area contributed by atoms with Crippen molar-refractivity contribution in [3.05, 3.63) is 51.6 Å². The Morgan fingerprint density at radius 3 is 2.41 bits per heavy atom. The molecule has 0 amide bonds. The summed E-state index contributed by atoms with van der Waals surface area (Å²) in [6.07, 6.45) is 0. The summed E-state index contributed by atoms with van der Waals surface area (Å²) in [6, 6.07) is 15.7. The van der Waals surface area contributed by atoms with E-state index < -0.39 is 0 Å². The average molecular weight is 352 g/mol. The van der Waals surface area contributed by atoms with Gasteiger partial charge < -0.3 is 5.73 Å². The quantitative estimate of drug-likeness (QED) is 0.659. The lowest BCUT2D eigenvalue weighted by Crippen LogP contribution is -1.89.